The third-order valence-electron chi connectivity index (χ3n) is 8.35. The van der Waals surface area contributed by atoms with Crippen molar-refractivity contribution < 1.29 is 28.2 Å². The number of fused-ring (bicyclic) bond motifs is 1. The van der Waals surface area contributed by atoms with Gasteiger partial charge in [0.05, 0.1) is 5.92 Å². The fourth-order valence-corrected chi connectivity index (χ4v) is 5.86. The first-order valence-corrected chi connectivity index (χ1v) is 16.4. The van der Waals surface area contributed by atoms with Gasteiger partial charge in [0.15, 0.2) is 11.6 Å². The maximum Gasteiger partial charge on any atom is 0.412 e. The van der Waals surface area contributed by atoms with Crippen molar-refractivity contribution in [3.8, 4) is 23.3 Å². The summed E-state index contributed by atoms with van der Waals surface area (Å²) in [5.41, 5.74) is 0.713. The first-order valence-electron chi connectivity index (χ1n) is 15.6. The van der Waals surface area contributed by atoms with Crippen molar-refractivity contribution in [2.75, 3.05) is 7.05 Å². The van der Waals surface area contributed by atoms with Gasteiger partial charge in [-0.3, -0.25) is 4.79 Å². The molecule has 1 aliphatic carbocycles. The average molecular weight is 712 g/mol. The van der Waals surface area contributed by atoms with Crippen LogP contribution in [0.15, 0.2) is 121 Å². The van der Waals surface area contributed by atoms with Crippen molar-refractivity contribution in [2.45, 2.75) is 20.0 Å². The highest BCUT2D eigenvalue weighted by atomic mass is 35.5. The molecule has 1 amide bonds. The number of nitrogens with zero attached hydrogens (tertiary/aromatic N) is 1. The molecule has 6 rings (SSSR count). The molecular formula is C40H33Cl2FN2O5. The molecule has 0 bridgehead atoms. The zero-order chi connectivity index (χ0) is 35.8. The quantitative estimate of drug-likeness (QED) is 0.161. The Balaban J connectivity index is 0.000000269. The van der Waals surface area contributed by atoms with Gasteiger partial charge in [0.2, 0.25) is 6.10 Å². The van der Waals surface area contributed by atoms with Gasteiger partial charge in [-0.05, 0) is 64.7 Å². The van der Waals surface area contributed by atoms with Crippen LogP contribution in [-0.4, -0.2) is 19.1 Å². The number of esters is 1. The second-order valence-corrected chi connectivity index (χ2v) is 12.9. The molecule has 5 aromatic carbocycles. The van der Waals surface area contributed by atoms with Gasteiger partial charge in [-0.15, -0.1) is 0 Å². The zero-order valence-corrected chi connectivity index (χ0v) is 28.9. The van der Waals surface area contributed by atoms with Gasteiger partial charge in [-0.2, -0.15) is 5.26 Å². The number of nitriles is 1. The smallest absolute Gasteiger partial charge is 0.412 e. The van der Waals surface area contributed by atoms with Crippen LogP contribution in [0.4, 0.5) is 9.18 Å². The summed E-state index contributed by atoms with van der Waals surface area (Å²) < 4.78 is 30.6. The van der Waals surface area contributed by atoms with E-state index in [-0.39, 0.29) is 11.7 Å². The van der Waals surface area contributed by atoms with Gasteiger partial charge in [0.25, 0.3) is 0 Å². The summed E-state index contributed by atoms with van der Waals surface area (Å²) in [6, 6.07) is 35.1. The largest absolute Gasteiger partial charge is 0.454 e. The topological polar surface area (TPSA) is 97.7 Å². The van der Waals surface area contributed by atoms with E-state index in [1.807, 2.05) is 68.5 Å². The molecule has 1 saturated carbocycles. The summed E-state index contributed by atoms with van der Waals surface area (Å²) in [5, 5.41) is 15.2. The molecule has 1 fully saturated rings. The van der Waals surface area contributed by atoms with E-state index in [2.05, 4.69) is 5.32 Å². The number of halogens is 3. The number of benzene rings is 5. The van der Waals surface area contributed by atoms with E-state index in [9.17, 15) is 19.2 Å². The normalized spacial score (nSPS) is 16.5. The van der Waals surface area contributed by atoms with Crippen LogP contribution >= 0.6 is 23.2 Å². The number of allylic oxidation sites excluding steroid dienone is 1. The van der Waals surface area contributed by atoms with Crippen molar-refractivity contribution in [3.63, 3.8) is 0 Å². The minimum absolute atomic E-state index is 0.0627. The highest BCUT2D eigenvalue weighted by Gasteiger charge is 2.62. The third kappa shape index (κ3) is 8.61. The summed E-state index contributed by atoms with van der Waals surface area (Å²) in [5.74, 6) is -0.785. The average Bonchev–Trinajstić information content (AvgIpc) is 3.67. The molecular weight excluding hydrogens is 678 g/mol. The van der Waals surface area contributed by atoms with Gasteiger partial charge in [0, 0.05) is 28.1 Å². The number of ether oxygens (including phenoxy) is 3. The van der Waals surface area contributed by atoms with Crippen LogP contribution in [-0.2, 0) is 9.53 Å². The molecule has 50 heavy (non-hydrogen) atoms. The van der Waals surface area contributed by atoms with E-state index >= 15 is 0 Å². The van der Waals surface area contributed by atoms with E-state index in [0.29, 0.717) is 27.1 Å². The molecule has 0 radical (unpaired) electrons. The minimum atomic E-state index is -1.21. The predicted molar refractivity (Wildman–Crippen MR) is 192 cm³/mol. The van der Waals surface area contributed by atoms with Gasteiger partial charge in [-0.25, -0.2) is 9.18 Å². The predicted octanol–water partition coefficient (Wildman–Crippen LogP) is 10.5. The Kier molecular flexibility index (Phi) is 11.4. The van der Waals surface area contributed by atoms with Crippen LogP contribution in [0, 0.1) is 34.4 Å². The van der Waals surface area contributed by atoms with Crippen LogP contribution < -0.4 is 14.8 Å². The van der Waals surface area contributed by atoms with Crippen LogP contribution in [0.2, 0.25) is 5.02 Å². The summed E-state index contributed by atoms with van der Waals surface area (Å²) in [6.45, 7) is 3.88. The SMILES string of the molecule is CC1(C)C(/C=C(\Cl)c2ccc(Cl)cc2)C1C(=O)OC(C#N)c1ccc(F)c(Oc2ccccc2)c1.CNC(=O)Oc1cccc2ccccc12. The molecule has 254 valence electrons. The standard InChI is InChI=1S/C28H22Cl2FNO3.C12H11NO2/c1-28(2)21(15-22(30)17-8-11-19(29)12-9-17)26(28)27(33)35-25(16-32)18-10-13-23(31)24(14-18)34-20-6-4-3-5-7-20;1-13-12(14)15-11-8-4-6-9-5-2-3-7-10(9)11/h3-15,21,25-26H,1-2H3;2-8H,1H3,(H,13,14)/b22-15-;. The molecule has 0 aromatic heterocycles. The van der Waals surface area contributed by atoms with Crippen molar-refractivity contribution >= 4 is 51.1 Å². The van der Waals surface area contributed by atoms with E-state index in [4.69, 9.17) is 37.4 Å². The lowest BCUT2D eigenvalue weighted by Crippen LogP contribution is -2.22. The molecule has 0 aliphatic heterocycles. The molecule has 10 heteroatoms. The minimum Gasteiger partial charge on any atom is -0.454 e. The van der Waals surface area contributed by atoms with Gasteiger partial charge in [0.1, 0.15) is 17.6 Å². The Bertz CT molecular complexity index is 2060. The second kappa shape index (κ2) is 15.9. The van der Waals surface area contributed by atoms with Crippen LogP contribution in [0.1, 0.15) is 31.1 Å². The lowest BCUT2D eigenvalue weighted by atomic mass is 10.1. The molecule has 5 aromatic rings. The van der Waals surface area contributed by atoms with Crippen molar-refractivity contribution in [1.82, 2.24) is 5.32 Å². The van der Waals surface area contributed by atoms with E-state index in [1.54, 1.807) is 54.6 Å². The fourth-order valence-electron chi connectivity index (χ4n) is 5.47. The monoisotopic (exact) mass is 710 g/mol. The highest BCUT2D eigenvalue weighted by Crippen LogP contribution is 2.60. The van der Waals surface area contributed by atoms with Gasteiger partial charge in [-0.1, -0.05) is 116 Å². The van der Waals surface area contributed by atoms with E-state index in [0.717, 1.165) is 16.3 Å². The number of hydrogen-bond donors (Lipinski definition) is 1. The van der Waals surface area contributed by atoms with E-state index < -0.39 is 35.3 Å². The first kappa shape index (κ1) is 35.9. The number of nitrogens with one attached hydrogen (secondary N) is 1. The Morgan fingerprint density at radius 3 is 2.30 bits per heavy atom. The number of carbonyl (C=O) groups is 2. The Morgan fingerprint density at radius 1 is 0.920 bits per heavy atom. The Hall–Kier alpha value is -5.36. The van der Waals surface area contributed by atoms with Crippen molar-refractivity contribution in [2.24, 2.45) is 17.3 Å². The Morgan fingerprint density at radius 2 is 1.60 bits per heavy atom. The number of hydrogen-bond acceptors (Lipinski definition) is 6. The molecule has 0 spiro atoms. The molecule has 1 aliphatic rings. The first-order chi connectivity index (χ1) is 24.0. The van der Waals surface area contributed by atoms with Crippen molar-refractivity contribution in [1.29, 1.82) is 5.26 Å². The molecule has 0 heterocycles. The van der Waals surface area contributed by atoms with Crippen molar-refractivity contribution in [3.05, 3.63) is 143 Å². The highest BCUT2D eigenvalue weighted by molar-refractivity contribution is 6.48. The maximum atomic E-state index is 14.3. The maximum absolute atomic E-state index is 14.3. The number of amides is 1. The zero-order valence-electron chi connectivity index (χ0n) is 27.4. The van der Waals surface area contributed by atoms with Gasteiger partial charge >= 0.3 is 12.1 Å². The summed E-state index contributed by atoms with van der Waals surface area (Å²) in [6.07, 6.45) is 0.169. The summed E-state index contributed by atoms with van der Waals surface area (Å²) in [7, 11) is 1.54. The molecule has 0 saturated heterocycles. The lowest BCUT2D eigenvalue weighted by Gasteiger charge is -2.14. The lowest BCUT2D eigenvalue weighted by molar-refractivity contribution is -0.149. The second-order valence-electron chi connectivity index (χ2n) is 12.0. The molecule has 7 nitrogen and oxygen atoms in total. The van der Waals surface area contributed by atoms with E-state index in [1.165, 1.54) is 25.2 Å². The van der Waals surface area contributed by atoms with Crippen LogP contribution in [0.5, 0.6) is 17.2 Å². The van der Waals surface area contributed by atoms with Gasteiger partial charge < -0.3 is 19.5 Å². The fraction of sp³-hybridized carbons (Fsp3) is 0.175. The molecule has 3 unspecified atom stereocenters. The summed E-state index contributed by atoms with van der Waals surface area (Å²) in [4.78, 5) is 24.1. The number of para-hydroxylation sites is 1. The molecule has 3 atom stereocenters. The van der Waals surface area contributed by atoms with Crippen LogP contribution in [0.3, 0.4) is 0 Å². The number of rotatable bonds is 8. The van der Waals surface area contributed by atoms with Crippen LogP contribution in [0.25, 0.3) is 15.8 Å². The third-order valence-corrected chi connectivity index (χ3v) is 8.94. The molecule has 1 N–H and O–H groups in total. The Labute approximate surface area is 299 Å². The number of carbonyl (C=O) groups excluding carboxylic acids is 2. The summed E-state index contributed by atoms with van der Waals surface area (Å²) >= 11 is 12.4.